The van der Waals surface area contributed by atoms with Gasteiger partial charge in [-0.3, -0.25) is 4.79 Å². The van der Waals surface area contributed by atoms with Crippen molar-refractivity contribution >= 4 is 5.97 Å². The number of hydrogen-bond acceptors (Lipinski definition) is 5. The SMILES string of the molecule is O=C(O)C1CN2C(O)C=CC(O)N2C1. The van der Waals surface area contributed by atoms with Crippen LogP contribution in [0.25, 0.3) is 0 Å². The first-order valence-electron chi connectivity index (χ1n) is 4.40. The zero-order chi connectivity index (χ0) is 10.3. The van der Waals surface area contributed by atoms with E-state index in [1.54, 1.807) is 0 Å². The molecule has 0 spiro atoms. The smallest absolute Gasteiger partial charge is 0.309 e. The van der Waals surface area contributed by atoms with Crippen molar-refractivity contribution in [2.45, 2.75) is 12.5 Å². The summed E-state index contributed by atoms with van der Waals surface area (Å²) in [6.45, 7) is 0.468. The number of carboxylic acid groups (broad SMARTS) is 1. The lowest BCUT2D eigenvalue weighted by Gasteiger charge is -2.35. The standard InChI is InChI=1S/C8H12N2O4/c11-6-1-2-7(12)10-4-5(8(13)14)3-9(6)10/h1-2,5-7,11-12H,3-4H2,(H,13,14). The van der Waals surface area contributed by atoms with E-state index in [0.717, 1.165) is 0 Å². The first kappa shape index (κ1) is 9.60. The third-order valence-corrected chi connectivity index (χ3v) is 2.56. The first-order valence-corrected chi connectivity index (χ1v) is 4.40. The number of rotatable bonds is 1. The van der Waals surface area contributed by atoms with Crippen LogP contribution >= 0.6 is 0 Å². The Balaban J connectivity index is 2.15. The van der Waals surface area contributed by atoms with Crippen LogP contribution in [-0.2, 0) is 4.79 Å². The van der Waals surface area contributed by atoms with Gasteiger partial charge in [0.25, 0.3) is 0 Å². The number of fused-ring (bicyclic) bond motifs is 1. The summed E-state index contributed by atoms with van der Waals surface area (Å²) < 4.78 is 0. The fourth-order valence-corrected chi connectivity index (χ4v) is 1.79. The van der Waals surface area contributed by atoms with Crippen LogP contribution in [0.5, 0.6) is 0 Å². The number of aliphatic carboxylic acids is 1. The average Bonchev–Trinajstić information content (AvgIpc) is 2.57. The zero-order valence-electron chi connectivity index (χ0n) is 7.45. The summed E-state index contributed by atoms with van der Waals surface area (Å²) in [5, 5.41) is 30.7. The van der Waals surface area contributed by atoms with E-state index in [4.69, 9.17) is 5.11 Å². The van der Waals surface area contributed by atoms with Crippen molar-refractivity contribution in [2.75, 3.05) is 13.1 Å². The Labute approximate surface area is 80.6 Å². The maximum atomic E-state index is 10.7. The molecule has 0 bridgehead atoms. The summed E-state index contributed by atoms with van der Waals surface area (Å²) in [5.74, 6) is -1.46. The second-order valence-corrected chi connectivity index (χ2v) is 3.49. The Morgan fingerprint density at radius 2 is 1.57 bits per heavy atom. The highest BCUT2D eigenvalue weighted by Gasteiger charge is 2.41. The van der Waals surface area contributed by atoms with E-state index >= 15 is 0 Å². The molecule has 3 N–H and O–H groups in total. The predicted molar refractivity (Wildman–Crippen MR) is 45.7 cm³/mol. The lowest BCUT2D eigenvalue weighted by Crippen LogP contribution is -2.50. The summed E-state index contributed by atoms with van der Waals surface area (Å²) in [6.07, 6.45) is 1.24. The van der Waals surface area contributed by atoms with Gasteiger partial charge in [-0.15, -0.1) is 0 Å². The van der Waals surface area contributed by atoms with E-state index in [9.17, 15) is 15.0 Å². The summed E-state index contributed by atoms with van der Waals surface area (Å²) in [6, 6.07) is 0. The van der Waals surface area contributed by atoms with Gasteiger partial charge in [0.15, 0.2) is 0 Å². The van der Waals surface area contributed by atoms with E-state index in [1.807, 2.05) is 0 Å². The Kier molecular flexibility index (Phi) is 2.28. The van der Waals surface area contributed by atoms with Crippen LogP contribution in [0.15, 0.2) is 12.2 Å². The molecule has 6 nitrogen and oxygen atoms in total. The van der Waals surface area contributed by atoms with E-state index in [2.05, 4.69) is 0 Å². The molecule has 0 amide bonds. The molecule has 6 heteroatoms. The molecular formula is C8H12N2O4. The molecule has 2 aliphatic heterocycles. The van der Waals surface area contributed by atoms with Gasteiger partial charge in [-0.2, -0.15) is 0 Å². The van der Waals surface area contributed by atoms with Gasteiger partial charge in [0.05, 0.1) is 5.92 Å². The third kappa shape index (κ3) is 1.42. The van der Waals surface area contributed by atoms with Crippen LogP contribution < -0.4 is 0 Å². The topological polar surface area (TPSA) is 84.2 Å². The third-order valence-electron chi connectivity index (χ3n) is 2.56. The quantitative estimate of drug-likeness (QED) is 0.443. The Hall–Kier alpha value is -0.950. The van der Waals surface area contributed by atoms with Crippen molar-refractivity contribution in [3.63, 3.8) is 0 Å². The van der Waals surface area contributed by atoms with Gasteiger partial charge in [0.1, 0.15) is 12.5 Å². The second kappa shape index (κ2) is 3.32. The summed E-state index contributed by atoms with van der Waals surface area (Å²) >= 11 is 0. The lowest BCUT2D eigenvalue weighted by atomic mass is 10.2. The highest BCUT2D eigenvalue weighted by Crippen LogP contribution is 2.24. The van der Waals surface area contributed by atoms with Crippen molar-refractivity contribution in [1.82, 2.24) is 10.0 Å². The van der Waals surface area contributed by atoms with Gasteiger partial charge in [-0.05, 0) is 12.2 Å². The number of hydrogen-bond donors (Lipinski definition) is 3. The number of aliphatic hydroxyl groups is 2. The van der Waals surface area contributed by atoms with Crippen molar-refractivity contribution in [3.8, 4) is 0 Å². The minimum atomic E-state index is -0.904. The van der Waals surface area contributed by atoms with Crippen molar-refractivity contribution < 1.29 is 20.1 Å². The molecule has 0 saturated carbocycles. The monoisotopic (exact) mass is 200 g/mol. The van der Waals surface area contributed by atoms with Gasteiger partial charge in [-0.25, -0.2) is 10.0 Å². The summed E-state index contributed by atoms with van der Waals surface area (Å²) in [7, 11) is 0. The van der Waals surface area contributed by atoms with Crippen LogP contribution in [0.2, 0.25) is 0 Å². The maximum absolute atomic E-state index is 10.7. The average molecular weight is 200 g/mol. The molecule has 78 valence electrons. The van der Waals surface area contributed by atoms with E-state index in [0.29, 0.717) is 0 Å². The van der Waals surface area contributed by atoms with E-state index in [-0.39, 0.29) is 13.1 Å². The molecule has 2 rings (SSSR count). The normalized spacial score (nSPS) is 38.6. The molecule has 2 heterocycles. The molecule has 0 aliphatic carbocycles. The highest BCUT2D eigenvalue weighted by molar-refractivity contribution is 5.70. The molecule has 1 saturated heterocycles. The molecule has 2 aliphatic rings. The summed E-state index contributed by atoms with van der Waals surface area (Å²) in [4.78, 5) is 10.7. The van der Waals surface area contributed by atoms with Gasteiger partial charge in [-0.1, -0.05) is 0 Å². The molecule has 2 unspecified atom stereocenters. The van der Waals surface area contributed by atoms with Crippen LogP contribution in [0, 0.1) is 5.92 Å². The predicted octanol–water partition coefficient (Wildman–Crippen LogP) is -1.57. The first-order chi connectivity index (χ1) is 6.59. The second-order valence-electron chi connectivity index (χ2n) is 3.49. The minimum absolute atomic E-state index is 0.234. The number of carbonyl (C=O) groups is 1. The van der Waals surface area contributed by atoms with Gasteiger partial charge in [0, 0.05) is 13.1 Å². The molecule has 0 aromatic heterocycles. The van der Waals surface area contributed by atoms with Gasteiger partial charge >= 0.3 is 5.97 Å². The molecule has 0 aromatic rings. The fraction of sp³-hybridized carbons (Fsp3) is 0.625. The summed E-state index contributed by atoms with van der Waals surface area (Å²) in [5.41, 5.74) is 0. The molecule has 2 atom stereocenters. The molecule has 0 radical (unpaired) electrons. The Morgan fingerprint density at radius 3 is 1.93 bits per heavy atom. The van der Waals surface area contributed by atoms with Crippen molar-refractivity contribution in [3.05, 3.63) is 12.2 Å². The fourth-order valence-electron chi connectivity index (χ4n) is 1.79. The zero-order valence-corrected chi connectivity index (χ0v) is 7.45. The van der Waals surface area contributed by atoms with Crippen molar-refractivity contribution in [1.29, 1.82) is 0 Å². The molecule has 0 aromatic carbocycles. The maximum Gasteiger partial charge on any atom is 0.309 e. The number of aliphatic hydroxyl groups excluding tert-OH is 2. The van der Waals surface area contributed by atoms with Gasteiger partial charge < -0.3 is 15.3 Å². The van der Waals surface area contributed by atoms with Crippen LogP contribution in [0.1, 0.15) is 0 Å². The molecule has 1 fully saturated rings. The number of hydrazine groups is 1. The van der Waals surface area contributed by atoms with Crippen LogP contribution in [-0.4, -0.2) is 56.9 Å². The largest absolute Gasteiger partial charge is 0.481 e. The van der Waals surface area contributed by atoms with Crippen LogP contribution in [0.3, 0.4) is 0 Å². The minimum Gasteiger partial charge on any atom is -0.481 e. The molecule has 14 heavy (non-hydrogen) atoms. The van der Waals surface area contributed by atoms with E-state index in [1.165, 1.54) is 22.2 Å². The Bertz CT molecular complexity index is 261. The number of nitrogens with zero attached hydrogens (tertiary/aromatic N) is 2. The molecular weight excluding hydrogens is 188 g/mol. The highest BCUT2D eigenvalue weighted by atomic mass is 16.4. The van der Waals surface area contributed by atoms with Crippen LogP contribution in [0.4, 0.5) is 0 Å². The Morgan fingerprint density at radius 1 is 1.14 bits per heavy atom. The lowest BCUT2D eigenvalue weighted by molar-refractivity contribution is -0.156. The number of carboxylic acids is 1. The van der Waals surface area contributed by atoms with Gasteiger partial charge in [0.2, 0.25) is 0 Å². The van der Waals surface area contributed by atoms with Crippen molar-refractivity contribution in [2.24, 2.45) is 5.92 Å². The van der Waals surface area contributed by atoms with E-state index < -0.39 is 24.3 Å².